The van der Waals surface area contributed by atoms with Crippen molar-refractivity contribution in [3.63, 3.8) is 0 Å². The number of hydrogen-bond acceptors (Lipinski definition) is 4. The van der Waals surface area contributed by atoms with E-state index in [0.717, 1.165) is 4.90 Å². The molecule has 1 aliphatic rings. The van der Waals surface area contributed by atoms with Crippen molar-refractivity contribution >= 4 is 17.8 Å². The fourth-order valence-corrected chi connectivity index (χ4v) is 1.09. The molecule has 0 aromatic heterocycles. The van der Waals surface area contributed by atoms with E-state index < -0.39 is 17.8 Å². The predicted octanol–water partition coefficient (Wildman–Crippen LogP) is -0.178. The third kappa shape index (κ3) is 1.58. The molecule has 1 heterocycles. The zero-order chi connectivity index (χ0) is 10.0. The third-order valence-electron chi connectivity index (χ3n) is 1.74. The van der Waals surface area contributed by atoms with Crippen molar-refractivity contribution < 1.29 is 19.1 Å². The lowest BCUT2D eigenvalue weighted by Gasteiger charge is -2.13. The molecule has 1 saturated heterocycles. The molecular weight excluding hydrogens is 174 g/mol. The molecule has 0 spiro atoms. The molecule has 1 rings (SSSR count). The summed E-state index contributed by atoms with van der Waals surface area (Å²) in [6.45, 7) is 3.32. The lowest BCUT2D eigenvalue weighted by molar-refractivity contribution is -0.145. The summed E-state index contributed by atoms with van der Waals surface area (Å²) in [5, 5.41) is 0. The van der Waals surface area contributed by atoms with E-state index in [1.165, 1.54) is 7.11 Å². The average Bonchev–Trinajstić information content (AvgIpc) is 2.44. The van der Waals surface area contributed by atoms with Gasteiger partial charge < -0.3 is 4.74 Å². The zero-order valence-electron chi connectivity index (χ0n) is 7.20. The number of nitrogens with zero attached hydrogens (tertiary/aromatic N) is 1. The number of esters is 1. The van der Waals surface area contributed by atoms with Gasteiger partial charge in [-0.05, 0) is 0 Å². The molecule has 0 bridgehead atoms. The lowest BCUT2D eigenvalue weighted by atomic mass is 10.4. The Morgan fingerprint density at radius 2 is 1.85 bits per heavy atom. The van der Waals surface area contributed by atoms with E-state index in [9.17, 15) is 14.4 Å². The highest BCUT2D eigenvalue weighted by Gasteiger charge is 2.33. The molecule has 0 aliphatic carbocycles. The van der Waals surface area contributed by atoms with E-state index in [4.69, 9.17) is 0 Å². The number of carbonyl (C=O) groups is 3. The van der Waals surface area contributed by atoms with Crippen LogP contribution in [-0.4, -0.2) is 29.8 Å². The van der Waals surface area contributed by atoms with Crippen LogP contribution in [0.5, 0.6) is 0 Å². The van der Waals surface area contributed by atoms with Crippen molar-refractivity contribution in [2.75, 3.05) is 7.11 Å². The fraction of sp³-hybridized carbons (Fsp3) is 0.375. The van der Waals surface area contributed by atoms with Crippen LogP contribution in [-0.2, 0) is 19.1 Å². The Morgan fingerprint density at radius 3 is 2.23 bits per heavy atom. The van der Waals surface area contributed by atoms with Crippen molar-refractivity contribution in [1.29, 1.82) is 0 Å². The first-order valence-electron chi connectivity index (χ1n) is 3.71. The van der Waals surface area contributed by atoms with Crippen molar-refractivity contribution in [3.8, 4) is 0 Å². The van der Waals surface area contributed by atoms with Gasteiger partial charge in [-0.3, -0.25) is 9.59 Å². The minimum atomic E-state index is -0.761. The van der Waals surface area contributed by atoms with Crippen LogP contribution in [0.15, 0.2) is 12.3 Å². The molecular formula is C8H9NO4. The third-order valence-corrected chi connectivity index (χ3v) is 1.74. The average molecular weight is 183 g/mol. The Hall–Kier alpha value is -1.65. The van der Waals surface area contributed by atoms with Gasteiger partial charge >= 0.3 is 5.97 Å². The van der Waals surface area contributed by atoms with Gasteiger partial charge in [-0.1, -0.05) is 6.58 Å². The molecule has 5 heteroatoms. The minimum absolute atomic E-state index is 0.134. The van der Waals surface area contributed by atoms with E-state index in [0.29, 0.717) is 0 Å². The molecule has 0 aromatic carbocycles. The minimum Gasteiger partial charge on any atom is -0.464 e. The summed E-state index contributed by atoms with van der Waals surface area (Å²) in [5.41, 5.74) is -0.213. The van der Waals surface area contributed by atoms with Crippen molar-refractivity contribution in [2.24, 2.45) is 0 Å². The second kappa shape index (κ2) is 3.38. The first-order valence-corrected chi connectivity index (χ1v) is 3.71. The van der Waals surface area contributed by atoms with Crippen molar-refractivity contribution in [1.82, 2.24) is 4.90 Å². The van der Waals surface area contributed by atoms with Crippen LogP contribution < -0.4 is 0 Å². The van der Waals surface area contributed by atoms with E-state index in [1.54, 1.807) is 0 Å². The highest BCUT2D eigenvalue weighted by Crippen LogP contribution is 2.17. The molecule has 0 atom stereocenters. The number of ether oxygens (including phenoxy) is 1. The van der Waals surface area contributed by atoms with Gasteiger partial charge in [0.15, 0.2) is 0 Å². The molecule has 70 valence electrons. The van der Waals surface area contributed by atoms with Gasteiger partial charge in [-0.15, -0.1) is 0 Å². The van der Waals surface area contributed by atoms with E-state index in [-0.39, 0.29) is 18.5 Å². The van der Waals surface area contributed by atoms with Gasteiger partial charge in [0.1, 0.15) is 5.70 Å². The molecule has 1 aliphatic heterocycles. The number of amides is 2. The number of carbonyl (C=O) groups excluding carboxylic acids is 3. The Morgan fingerprint density at radius 1 is 1.38 bits per heavy atom. The molecule has 0 radical (unpaired) electrons. The summed E-state index contributed by atoms with van der Waals surface area (Å²) in [5.74, 6) is -1.57. The maximum Gasteiger partial charge on any atom is 0.354 e. The molecule has 0 saturated carbocycles. The van der Waals surface area contributed by atoms with Gasteiger partial charge in [0, 0.05) is 12.8 Å². The highest BCUT2D eigenvalue weighted by molar-refractivity contribution is 6.08. The lowest BCUT2D eigenvalue weighted by Crippen LogP contribution is -2.32. The molecule has 1 fully saturated rings. The van der Waals surface area contributed by atoms with Crippen molar-refractivity contribution in [2.45, 2.75) is 12.8 Å². The van der Waals surface area contributed by atoms with Gasteiger partial charge in [-0.2, -0.15) is 0 Å². The number of imide groups is 1. The van der Waals surface area contributed by atoms with E-state index in [2.05, 4.69) is 11.3 Å². The fourth-order valence-electron chi connectivity index (χ4n) is 1.09. The first kappa shape index (κ1) is 9.44. The number of hydrogen-bond donors (Lipinski definition) is 0. The van der Waals surface area contributed by atoms with Crippen LogP contribution >= 0.6 is 0 Å². The van der Waals surface area contributed by atoms with Crippen molar-refractivity contribution in [3.05, 3.63) is 12.3 Å². The highest BCUT2D eigenvalue weighted by atomic mass is 16.5. The maximum atomic E-state index is 11.1. The molecule has 13 heavy (non-hydrogen) atoms. The normalized spacial score (nSPS) is 16.2. The SMILES string of the molecule is C=C(C(=O)OC)N1C(=O)CCC1=O. The zero-order valence-corrected chi connectivity index (χ0v) is 7.20. The Labute approximate surface area is 75.0 Å². The summed E-state index contributed by atoms with van der Waals surface area (Å²) in [6, 6.07) is 0. The van der Waals surface area contributed by atoms with Crippen LogP contribution in [0.2, 0.25) is 0 Å². The molecule has 2 amide bonds. The molecule has 0 aromatic rings. The summed E-state index contributed by atoms with van der Waals surface area (Å²) in [4.78, 5) is 33.9. The molecule has 5 nitrogen and oxygen atoms in total. The number of rotatable bonds is 2. The predicted molar refractivity (Wildman–Crippen MR) is 42.2 cm³/mol. The van der Waals surface area contributed by atoms with E-state index >= 15 is 0 Å². The monoisotopic (exact) mass is 183 g/mol. The van der Waals surface area contributed by atoms with Gasteiger partial charge in [0.25, 0.3) is 0 Å². The van der Waals surface area contributed by atoms with Crippen LogP contribution in [0.25, 0.3) is 0 Å². The summed E-state index contributed by atoms with van der Waals surface area (Å²) >= 11 is 0. The van der Waals surface area contributed by atoms with E-state index in [1.807, 2.05) is 0 Å². The molecule has 0 unspecified atom stereocenters. The van der Waals surface area contributed by atoms with Crippen LogP contribution in [0.3, 0.4) is 0 Å². The smallest absolute Gasteiger partial charge is 0.354 e. The maximum absolute atomic E-state index is 11.1. The topological polar surface area (TPSA) is 63.7 Å². The number of likely N-dealkylation sites (tertiary alicyclic amines) is 1. The standard InChI is InChI=1S/C8H9NO4/c1-5(8(12)13-2)9-6(10)3-4-7(9)11/h1,3-4H2,2H3. The Balaban J connectivity index is 2.82. The Kier molecular flexibility index (Phi) is 2.46. The van der Waals surface area contributed by atoms with Gasteiger partial charge in [-0.25, -0.2) is 9.69 Å². The van der Waals surface area contributed by atoms with Crippen LogP contribution in [0.1, 0.15) is 12.8 Å². The molecule has 0 N–H and O–H groups in total. The van der Waals surface area contributed by atoms with Gasteiger partial charge in [0.05, 0.1) is 7.11 Å². The second-order valence-electron chi connectivity index (χ2n) is 2.56. The van der Waals surface area contributed by atoms with Crippen LogP contribution in [0.4, 0.5) is 0 Å². The quantitative estimate of drug-likeness (QED) is 0.338. The summed E-state index contributed by atoms with van der Waals surface area (Å²) < 4.78 is 4.34. The first-order chi connectivity index (χ1) is 6.07. The number of methoxy groups -OCH3 is 1. The summed E-state index contributed by atoms with van der Waals surface area (Å²) in [6.07, 6.45) is 0.268. The largest absolute Gasteiger partial charge is 0.464 e. The van der Waals surface area contributed by atoms with Crippen LogP contribution in [0, 0.1) is 0 Å². The Bertz CT molecular complexity index is 279. The summed E-state index contributed by atoms with van der Waals surface area (Å²) in [7, 11) is 1.17. The van der Waals surface area contributed by atoms with Gasteiger partial charge in [0.2, 0.25) is 11.8 Å². The second-order valence-corrected chi connectivity index (χ2v) is 2.56.